The van der Waals surface area contributed by atoms with E-state index in [2.05, 4.69) is 19.8 Å². The van der Waals surface area contributed by atoms with Gasteiger partial charge >= 0.3 is 0 Å². The van der Waals surface area contributed by atoms with E-state index < -0.39 is 10.0 Å². The van der Waals surface area contributed by atoms with Gasteiger partial charge in [0.05, 0.1) is 17.0 Å². The van der Waals surface area contributed by atoms with Crippen molar-refractivity contribution >= 4 is 27.3 Å². The van der Waals surface area contributed by atoms with Gasteiger partial charge < -0.3 is 4.52 Å². The van der Waals surface area contributed by atoms with Gasteiger partial charge in [0, 0.05) is 23.0 Å². The molecule has 0 aliphatic rings. The Kier molecular flexibility index (Phi) is 5.28. The average molecular weight is 427 g/mol. The fourth-order valence-electron chi connectivity index (χ4n) is 2.70. The Bertz CT molecular complexity index is 1230. The van der Waals surface area contributed by atoms with Crippen molar-refractivity contribution in [3.8, 4) is 11.4 Å². The number of nitrogens with one attached hydrogen (secondary N) is 1. The molecule has 0 aliphatic heterocycles. The van der Waals surface area contributed by atoms with Crippen molar-refractivity contribution in [2.75, 3.05) is 4.72 Å². The van der Waals surface area contributed by atoms with Crippen LogP contribution in [0.15, 0.2) is 82.5 Å². The van der Waals surface area contributed by atoms with Gasteiger partial charge in [0.15, 0.2) is 0 Å². The highest BCUT2D eigenvalue weighted by molar-refractivity contribution is 7.92. The summed E-state index contributed by atoms with van der Waals surface area (Å²) in [6.45, 7) is 0. The number of halogens is 1. The van der Waals surface area contributed by atoms with Crippen LogP contribution >= 0.6 is 11.6 Å². The number of benzene rings is 2. The zero-order valence-corrected chi connectivity index (χ0v) is 16.6. The van der Waals surface area contributed by atoms with Gasteiger partial charge in [-0.2, -0.15) is 4.98 Å². The minimum absolute atomic E-state index is 0.120. The molecule has 0 atom stereocenters. The molecule has 0 saturated heterocycles. The molecule has 2 aromatic heterocycles. The van der Waals surface area contributed by atoms with Crippen molar-refractivity contribution in [3.63, 3.8) is 0 Å². The van der Waals surface area contributed by atoms with Crippen molar-refractivity contribution in [2.24, 2.45) is 0 Å². The van der Waals surface area contributed by atoms with Crippen molar-refractivity contribution in [2.45, 2.75) is 11.3 Å². The number of aromatic nitrogens is 3. The molecular weight excluding hydrogens is 412 g/mol. The molecule has 29 heavy (non-hydrogen) atoms. The van der Waals surface area contributed by atoms with E-state index in [1.807, 2.05) is 6.07 Å². The van der Waals surface area contributed by atoms with Crippen LogP contribution in [0.3, 0.4) is 0 Å². The molecule has 0 saturated carbocycles. The number of rotatable bonds is 6. The van der Waals surface area contributed by atoms with Crippen molar-refractivity contribution < 1.29 is 12.9 Å². The Labute approximate surface area is 172 Å². The molecule has 0 unspecified atom stereocenters. The number of hydrogen-bond acceptors (Lipinski definition) is 6. The maximum Gasteiger partial charge on any atom is 0.261 e. The Morgan fingerprint density at radius 3 is 2.45 bits per heavy atom. The zero-order chi connectivity index (χ0) is 20.3. The van der Waals surface area contributed by atoms with Gasteiger partial charge in [-0.25, -0.2) is 8.42 Å². The van der Waals surface area contributed by atoms with Crippen LogP contribution in [0.4, 0.5) is 5.69 Å². The van der Waals surface area contributed by atoms with Crippen LogP contribution in [0.2, 0.25) is 5.02 Å². The minimum Gasteiger partial charge on any atom is -0.339 e. The van der Waals surface area contributed by atoms with Gasteiger partial charge in [0.2, 0.25) is 11.7 Å². The summed E-state index contributed by atoms with van der Waals surface area (Å²) in [5.74, 6) is 0.816. The second-order valence-corrected chi connectivity index (χ2v) is 8.26. The first-order valence-electron chi connectivity index (χ1n) is 8.60. The van der Waals surface area contributed by atoms with E-state index in [4.69, 9.17) is 16.1 Å². The van der Waals surface area contributed by atoms with E-state index >= 15 is 0 Å². The highest BCUT2D eigenvalue weighted by Crippen LogP contribution is 2.24. The van der Waals surface area contributed by atoms with Crippen molar-refractivity contribution in [1.82, 2.24) is 15.1 Å². The van der Waals surface area contributed by atoms with E-state index in [9.17, 15) is 8.42 Å². The topological polar surface area (TPSA) is 98.0 Å². The largest absolute Gasteiger partial charge is 0.339 e. The molecule has 9 heteroatoms. The fourth-order valence-corrected chi connectivity index (χ4v) is 3.93. The van der Waals surface area contributed by atoms with Crippen molar-refractivity contribution in [3.05, 3.63) is 89.5 Å². The number of sulfonamides is 1. The molecule has 0 bridgehead atoms. The third-order valence-electron chi connectivity index (χ3n) is 4.13. The molecule has 0 aliphatic carbocycles. The third kappa shape index (κ3) is 4.44. The maximum atomic E-state index is 12.7. The van der Waals surface area contributed by atoms with E-state index in [1.165, 1.54) is 24.3 Å². The smallest absolute Gasteiger partial charge is 0.261 e. The number of nitrogens with zero attached hydrogens (tertiary/aromatic N) is 3. The number of pyridine rings is 1. The Hall–Kier alpha value is -3.23. The van der Waals surface area contributed by atoms with Gasteiger partial charge in [0.1, 0.15) is 0 Å². The summed E-state index contributed by atoms with van der Waals surface area (Å²) in [5, 5.41) is 4.44. The molecule has 1 N–H and O–H groups in total. The van der Waals surface area contributed by atoms with Gasteiger partial charge in [0.25, 0.3) is 10.0 Å². The molecule has 0 spiro atoms. The summed E-state index contributed by atoms with van der Waals surface area (Å²) in [4.78, 5) is 8.47. The number of para-hydroxylation sites is 1. The first kappa shape index (κ1) is 19.1. The quantitative estimate of drug-likeness (QED) is 0.496. The van der Waals surface area contributed by atoms with Gasteiger partial charge in [-0.05, 0) is 48.0 Å². The highest BCUT2D eigenvalue weighted by atomic mass is 35.5. The summed E-state index contributed by atoms with van der Waals surface area (Å²) < 4.78 is 33.3. The molecule has 146 valence electrons. The van der Waals surface area contributed by atoms with Crippen LogP contribution in [0.25, 0.3) is 11.4 Å². The van der Waals surface area contributed by atoms with Gasteiger partial charge in [-0.15, -0.1) is 0 Å². The number of anilines is 1. The lowest BCUT2D eigenvalue weighted by atomic mass is 10.1. The molecule has 4 rings (SSSR count). The van der Waals surface area contributed by atoms with E-state index in [0.29, 0.717) is 28.0 Å². The summed E-state index contributed by atoms with van der Waals surface area (Å²) in [6, 6.07) is 16.6. The fraction of sp³-hybridized carbons (Fsp3) is 0.0500. The summed E-state index contributed by atoms with van der Waals surface area (Å²) in [7, 11) is -3.76. The van der Waals surface area contributed by atoms with Crippen LogP contribution in [-0.4, -0.2) is 23.5 Å². The molecule has 0 amide bonds. The lowest BCUT2D eigenvalue weighted by Crippen LogP contribution is -2.14. The Morgan fingerprint density at radius 1 is 0.966 bits per heavy atom. The lowest BCUT2D eigenvalue weighted by molar-refractivity contribution is 0.386. The summed E-state index contributed by atoms with van der Waals surface area (Å²) >= 11 is 5.84. The van der Waals surface area contributed by atoms with E-state index in [1.54, 1.807) is 42.7 Å². The van der Waals surface area contributed by atoms with Crippen LogP contribution in [0, 0.1) is 0 Å². The normalized spacial score (nSPS) is 11.3. The third-order valence-corrected chi connectivity index (χ3v) is 5.77. The first-order valence-corrected chi connectivity index (χ1v) is 10.5. The van der Waals surface area contributed by atoms with Crippen LogP contribution in [0.1, 0.15) is 11.5 Å². The van der Waals surface area contributed by atoms with Crippen LogP contribution in [-0.2, 0) is 16.4 Å². The summed E-state index contributed by atoms with van der Waals surface area (Å²) in [5.41, 5.74) is 1.92. The van der Waals surface area contributed by atoms with E-state index in [-0.39, 0.29) is 11.3 Å². The van der Waals surface area contributed by atoms with Crippen LogP contribution in [0.5, 0.6) is 0 Å². The van der Waals surface area contributed by atoms with Crippen LogP contribution < -0.4 is 4.72 Å². The van der Waals surface area contributed by atoms with Crippen molar-refractivity contribution in [1.29, 1.82) is 0 Å². The lowest BCUT2D eigenvalue weighted by Gasteiger charge is -2.11. The SMILES string of the molecule is O=S(=O)(Nc1ccccc1Cc1nc(-c2ccncc2)no1)c1ccc(Cl)cc1. The van der Waals surface area contributed by atoms with Gasteiger partial charge in [-0.1, -0.05) is 35.0 Å². The average Bonchev–Trinajstić information content (AvgIpc) is 3.19. The second kappa shape index (κ2) is 8.02. The molecule has 0 fully saturated rings. The second-order valence-electron chi connectivity index (χ2n) is 6.14. The maximum absolute atomic E-state index is 12.7. The monoisotopic (exact) mass is 426 g/mol. The Balaban J connectivity index is 1.58. The minimum atomic E-state index is -3.76. The number of hydrogen-bond donors (Lipinski definition) is 1. The molecule has 2 heterocycles. The summed E-state index contributed by atoms with van der Waals surface area (Å²) in [6.07, 6.45) is 3.57. The van der Waals surface area contributed by atoms with Gasteiger partial charge in [-0.3, -0.25) is 9.71 Å². The molecule has 7 nitrogen and oxygen atoms in total. The zero-order valence-electron chi connectivity index (χ0n) is 15.0. The molecular formula is C20H15ClN4O3S. The Morgan fingerprint density at radius 2 is 1.69 bits per heavy atom. The molecule has 2 aromatic carbocycles. The van der Waals surface area contributed by atoms with E-state index in [0.717, 1.165) is 5.56 Å². The predicted molar refractivity (Wildman–Crippen MR) is 109 cm³/mol. The molecule has 0 radical (unpaired) electrons. The standard InChI is InChI=1S/C20H15ClN4O3S/c21-16-5-7-17(8-6-16)29(26,27)25-18-4-2-1-3-15(18)13-19-23-20(24-28-19)14-9-11-22-12-10-14/h1-12,25H,13H2. The molecule has 4 aromatic rings. The predicted octanol–water partition coefficient (Wildman–Crippen LogP) is 4.18. The highest BCUT2D eigenvalue weighted by Gasteiger charge is 2.17. The first-order chi connectivity index (χ1) is 14.0.